The van der Waals surface area contributed by atoms with Crippen molar-refractivity contribution in [1.29, 1.82) is 0 Å². The molecule has 1 amide bonds. The molecule has 0 saturated heterocycles. The largest absolute Gasteiger partial charge is 0.273 e. The summed E-state index contributed by atoms with van der Waals surface area (Å²) in [6.07, 6.45) is 2.67. The van der Waals surface area contributed by atoms with Gasteiger partial charge in [0, 0.05) is 11.5 Å². The highest BCUT2D eigenvalue weighted by Crippen LogP contribution is 2.47. The van der Waals surface area contributed by atoms with E-state index in [2.05, 4.69) is 53.0 Å². The number of hydrogen-bond acceptors (Lipinski definition) is 2. The Kier molecular flexibility index (Phi) is 4.13. The van der Waals surface area contributed by atoms with Crippen molar-refractivity contribution in [3.05, 3.63) is 96.1 Å². The first-order valence-electron chi connectivity index (χ1n) is 9.59. The molecule has 0 aliphatic heterocycles. The molecule has 28 heavy (non-hydrogen) atoms. The van der Waals surface area contributed by atoms with Gasteiger partial charge in [-0.05, 0) is 45.5 Å². The molecule has 2 atom stereocenters. The Morgan fingerprint density at radius 3 is 2.14 bits per heavy atom. The van der Waals surface area contributed by atoms with Crippen LogP contribution in [-0.2, 0) is 4.79 Å². The summed E-state index contributed by atoms with van der Waals surface area (Å²) in [5.74, 6) is 0.327. The van der Waals surface area contributed by atoms with Gasteiger partial charge in [0.05, 0.1) is 6.21 Å². The third-order valence-electron chi connectivity index (χ3n) is 5.54. The van der Waals surface area contributed by atoms with Crippen molar-refractivity contribution in [3.8, 4) is 0 Å². The lowest BCUT2D eigenvalue weighted by atomic mass is 9.97. The van der Waals surface area contributed by atoms with Gasteiger partial charge in [0.2, 0.25) is 5.91 Å². The summed E-state index contributed by atoms with van der Waals surface area (Å²) in [6, 6.07) is 28.9. The highest BCUT2D eigenvalue weighted by molar-refractivity contribution is 6.13. The van der Waals surface area contributed by atoms with Gasteiger partial charge in [-0.2, -0.15) is 5.10 Å². The highest BCUT2D eigenvalue weighted by Gasteiger charge is 2.43. The summed E-state index contributed by atoms with van der Waals surface area (Å²) in [6.45, 7) is 0. The molecule has 4 aromatic rings. The minimum Gasteiger partial charge on any atom is -0.273 e. The Morgan fingerprint density at radius 2 is 1.46 bits per heavy atom. The summed E-state index contributed by atoms with van der Waals surface area (Å²) in [5.41, 5.74) is 5.01. The van der Waals surface area contributed by atoms with Gasteiger partial charge in [0.1, 0.15) is 0 Å². The van der Waals surface area contributed by atoms with Gasteiger partial charge in [-0.25, -0.2) is 5.43 Å². The minimum absolute atomic E-state index is 0.00496. The molecular weight excluding hydrogens is 344 g/mol. The van der Waals surface area contributed by atoms with Crippen LogP contribution in [-0.4, -0.2) is 12.1 Å². The first kappa shape index (κ1) is 16.7. The van der Waals surface area contributed by atoms with Crippen LogP contribution in [0.2, 0.25) is 0 Å². The second-order valence-corrected chi connectivity index (χ2v) is 7.33. The lowest BCUT2D eigenvalue weighted by molar-refractivity contribution is -0.122. The number of nitrogens with one attached hydrogen (secondary N) is 1. The molecule has 1 fully saturated rings. The maximum atomic E-state index is 12.5. The molecule has 3 heteroatoms. The van der Waals surface area contributed by atoms with E-state index in [-0.39, 0.29) is 11.8 Å². The van der Waals surface area contributed by atoms with Gasteiger partial charge < -0.3 is 0 Å². The van der Waals surface area contributed by atoms with E-state index in [0.29, 0.717) is 5.92 Å². The molecular formula is C25H20N2O. The molecule has 1 N–H and O–H groups in total. The maximum Gasteiger partial charge on any atom is 0.243 e. The molecule has 1 saturated carbocycles. The van der Waals surface area contributed by atoms with Crippen molar-refractivity contribution in [3.63, 3.8) is 0 Å². The molecule has 0 radical (unpaired) electrons. The SMILES string of the molecule is O=C(NN=Cc1c2ccccc2cc2ccccc12)C1CC1c1ccccc1. The number of rotatable bonds is 4. The standard InChI is InChI=1S/C25H20N2O/c28-25(23-15-22(23)17-8-2-1-3-9-17)27-26-16-24-20-12-6-4-10-18(20)14-19-11-5-7-13-21(19)24/h1-14,16,22-23H,15H2,(H,27,28). The lowest BCUT2D eigenvalue weighted by Gasteiger charge is -2.08. The number of amides is 1. The van der Waals surface area contributed by atoms with E-state index >= 15 is 0 Å². The summed E-state index contributed by atoms with van der Waals surface area (Å²) in [5, 5.41) is 8.90. The van der Waals surface area contributed by atoms with Crippen LogP contribution >= 0.6 is 0 Å². The van der Waals surface area contributed by atoms with Gasteiger partial charge in [-0.1, -0.05) is 78.9 Å². The zero-order valence-electron chi connectivity index (χ0n) is 15.4. The van der Waals surface area contributed by atoms with Crippen molar-refractivity contribution >= 4 is 33.7 Å². The van der Waals surface area contributed by atoms with Crippen LogP contribution in [0, 0.1) is 5.92 Å². The van der Waals surface area contributed by atoms with Gasteiger partial charge >= 0.3 is 0 Å². The van der Waals surface area contributed by atoms with Crippen LogP contribution in [0.4, 0.5) is 0 Å². The third-order valence-corrected chi connectivity index (χ3v) is 5.54. The smallest absolute Gasteiger partial charge is 0.243 e. The monoisotopic (exact) mass is 364 g/mol. The first-order chi connectivity index (χ1) is 13.8. The maximum absolute atomic E-state index is 12.5. The van der Waals surface area contributed by atoms with Crippen LogP contribution in [0.25, 0.3) is 21.5 Å². The van der Waals surface area contributed by atoms with Crippen molar-refractivity contribution < 1.29 is 4.79 Å². The van der Waals surface area contributed by atoms with Crippen molar-refractivity contribution in [2.75, 3.05) is 0 Å². The van der Waals surface area contributed by atoms with E-state index in [0.717, 1.165) is 22.8 Å². The Labute approximate surface area is 163 Å². The highest BCUT2D eigenvalue weighted by atomic mass is 16.2. The van der Waals surface area contributed by atoms with Gasteiger partial charge in [-0.15, -0.1) is 0 Å². The number of benzene rings is 4. The van der Waals surface area contributed by atoms with Gasteiger partial charge in [0.25, 0.3) is 0 Å². The van der Waals surface area contributed by atoms with E-state index in [9.17, 15) is 4.79 Å². The van der Waals surface area contributed by atoms with Crippen LogP contribution in [0.3, 0.4) is 0 Å². The van der Waals surface area contributed by atoms with E-state index in [4.69, 9.17) is 0 Å². The van der Waals surface area contributed by atoms with Crippen LogP contribution < -0.4 is 5.43 Å². The van der Waals surface area contributed by atoms with Gasteiger partial charge in [-0.3, -0.25) is 4.79 Å². The molecule has 0 aromatic heterocycles. The zero-order chi connectivity index (χ0) is 18.9. The Morgan fingerprint density at radius 1 is 0.857 bits per heavy atom. The summed E-state index contributed by atoms with van der Waals surface area (Å²) in [7, 11) is 0. The first-order valence-corrected chi connectivity index (χ1v) is 9.59. The van der Waals surface area contributed by atoms with Crippen LogP contribution in [0.1, 0.15) is 23.5 Å². The summed E-state index contributed by atoms with van der Waals surface area (Å²) in [4.78, 5) is 12.5. The number of fused-ring (bicyclic) bond motifs is 2. The van der Waals surface area contributed by atoms with Crippen LogP contribution in [0.15, 0.2) is 90.0 Å². The van der Waals surface area contributed by atoms with E-state index in [1.807, 2.05) is 42.5 Å². The normalized spacial score (nSPS) is 18.6. The molecule has 5 rings (SSSR count). The molecule has 0 heterocycles. The number of nitrogens with zero attached hydrogens (tertiary/aromatic N) is 1. The predicted molar refractivity (Wildman–Crippen MR) is 114 cm³/mol. The fourth-order valence-electron chi connectivity index (χ4n) is 3.98. The van der Waals surface area contributed by atoms with Crippen molar-refractivity contribution in [2.24, 2.45) is 11.0 Å². The average molecular weight is 364 g/mol. The van der Waals surface area contributed by atoms with E-state index < -0.39 is 0 Å². The Bertz CT molecular complexity index is 1140. The summed E-state index contributed by atoms with van der Waals surface area (Å²) < 4.78 is 0. The molecule has 3 nitrogen and oxygen atoms in total. The number of carbonyl (C=O) groups is 1. The van der Waals surface area contributed by atoms with Gasteiger partial charge in [0.15, 0.2) is 0 Å². The predicted octanol–water partition coefficient (Wildman–Crippen LogP) is 5.25. The van der Waals surface area contributed by atoms with Crippen LogP contribution in [0.5, 0.6) is 0 Å². The fourth-order valence-corrected chi connectivity index (χ4v) is 3.98. The second kappa shape index (κ2) is 6.93. The lowest BCUT2D eigenvalue weighted by Crippen LogP contribution is -2.20. The molecule has 0 spiro atoms. The van der Waals surface area contributed by atoms with E-state index in [1.54, 1.807) is 6.21 Å². The fraction of sp³-hybridized carbons (Fsp3) is 0.120. The molecule has 136 valence electrons. The minimum atomic E-state index is -0.00496. The van der Waals surface area contributed by atoms with Crippen molar-refractivity contribution in [2.45, 2.75) is 12.3 Å². The second-order valence-electron chi connectivity index (χ2n) is 7.33. The topological polar surface area (TPSA) is 41.5 Å². The Balaban J connectivity index is 1.39. The molecule has 1 aliphatic rings. The molecule has 0 bridgehead atoms. The molecule has 2 unspecified atom stereocenters. The van der Waals surface area contributed by atoms with E-state index in [1.165, 1.54) is 16.3 Å². The zero-order valence-corrected chi connectivity index (χ0v) is 15.4. The third kappa shape index (κ3) is 3.05. The number of hydrogen-bond donors (Lipinski definition) is 1. The number of hydrazone groups is 1. The molecule has 4 aromatic carbocycles. The number of carbonyl (C=O) groups excluding carboxylic acids is 1. The summed E-state index contributed by atoms with van der Waals surface area (Å²) >= 11 is 0. The molecule has 1 aliphatic carbocycles. The average Bonchev–Trinajstić information content (AvgIpc) is 3.55. The quantitative estimate of drug-likeness (QED) is 0.300. The Hall–Kier alpha value is -3.46. The van der Waals surface area contributed by atoms with Crippen molar-refractivity contribution in [1.82, 2.24) is 5.43 Å².